The Labute approximate surface area is 148 Å². The van der Waals surface area contributed by atoms with E-state index in [0.717, 1.165) is 42.6 Å². The Morgan fingerprint density at radius 3 is 2.62 bits per heavy atom. The van der Waals surface area contributed by atoms with E-state index in [2.05, 4.69) is 58.4 Å². The van der Waals surface area contributed by atoms with E-state index in [9.17, 15) is 0 Å². The van der Waals surface area contributed by atoms with Crippen molar-refractivity contribution >= 4 is 29.0 Å². The van der Waals surface area contributed by atoms with Crippen molar-refractivity contribution < 1.29 is 0 Å². The lowest BCUT2D eigenvalue weighted by Crippen LogP contribution is -2.31. The Morgan fingerprint density at radius 2 is 1.92 bits per heavy atom. The number of benzene rings is 2. The number of hydrogen-bond acceptors (Lipinski definition) is 5. The molecule has 24 heavy (non-hydrogen) atoms. The van der Waals surface area contributed by atoms with Gasteiger partial charge in [-0.15, -0.1) is 0 Å². The summed E-state index contributed by atoms with van der Waals surface area (Å²) in [5.41, 5.74) is 9.21. The summed E-state index contributed by atoms with van der Waals surface area (Å²) in [5, 5.41) is 6.92. The molecule has 2 aromatic carbocycles. The SMILES string of the molecule is CN(Sc1ccccc1)c1ccc(NCC2CCNCC2)c(N)c1. The molecule has 4 N–H and O–H groups in total. The Kier molecular flexibility index (Phi) is 5.88. The minimum Gasteiger partial charge on any atom is -0.397 e. The third-order valence-electron chi connectivity index (χ3n) is 4.42. The predicted octanol–water partition coefficient (Wildman–Crippen LogP) is 3.82. The van der Waals surface area contributed by atoms with Crippen molar-refractivity contribution in [2.24, 2.45) is 5.92 Å². The largest absolute Gasteiger partial charge is 0.397 e. The third kappa shape index (κ3) is 4.58. The van der Waals surface area contributed by atoms with Gasteiger partial charge in [-0.1, -0.05) is 18.2 Å². The third-order valence-corrected chi connectivity index (χ3v) is 5.39. The first-order valence-electron chi connectivity index (χ1n) is 8.53. The van der Waals surface area contributed by atoms with E-state index in [-0.39, 0.29) is 0 Å². The van der Waals surface area contributed by atoms with Crippen molar-refractivity contribution in [1.82, 2.24) is 5.32 Å². The van der Waals surface area contributed by atoms with Gasteiger partial charge >= 0.3 is 0 Å². The van der Waals surface area contributed by atoms with Gasteiger partial charge in [0, 0.05) is 24.2 Å². The molecule has 3 rings (SSSR count). The van der Waals surface area contributed by atoms with Gasteiger partial charge in [-0.25, -0.2) is 0 Å². The number of rotatable bonds is 6. The summed E-state index contributed by atoms with van der Waals surface area (Å²) >= 11 is 1.70. The minimum atomic E-state index is 0.738. The van der Waals surface area contributed by atoms with Crippen LogP contribution < -0.4 is 20.7 Å². The smallest absolute Gasteiger partial charge is 0.0575 e. The first-order valence-corrected chi connectivity index (χ1v) is 9.30. The minimum absolute atomic E-state index is 0.738. The number of nitrogens with zero attached hydrogens (tertiary/aromatic N) is 1. The fraction of sp³-hybridized carbons (Fsp3) is 0.368. The molecule has 0 radical (unpaired) electrons. The zero-order valence-corrected chi connectivity index (χ0v) is 15.0. The lowest BCUT2D eigenvalue weighted by molar-refractivity contribution is 0.390. The maximum Gasteiger partial charge on any atom is 0.0575 e. The summed E-state index contributed by atoms with van der Waals surface area (Å²) < 4.78 is 2.14. The van der Waals surface area contributed by atoms with Crippen LogP contribution in [0.2, 0.25) is 0 Å². The zero-order valence-electron chi connectivity index (χ0n) is 14.2. The Morgan fingerprint density at radius 1 is 1.17 bits per heavy atom. The highest BCUT2D eigenvalue weighted by atomic mass is 32.2. The van der Waals surface area contributed by atoms with Gasteiger partial charge in [0.25, 0.3) is 0 Å². The van der Waals surface area contributed by atoms with E-state index in [1.807, 2.05) is 12.1 Å². The summed E-state index contributed by atoms with van der Waals surface area (Å²) in [6, 6.07) is 16.6. The number of piperidine rings is 1. The highest BCUT2D eigenvalue weighted by Crippen LogP contribution is 2.31. The van der Waals surface area contributed by atoms with E-state index in [1.165, 1.54) is 17.7 Å². The molecule has 0 aromatic heterocycles. The normalized spacial score (nSPS) is 15.2. The van der Waals surface area contributed by atoms with E-state index in [4.69, 9.17) is 5.73 Å². The molecule has 1 aliphatic heterocycles. The van der Waals surface area contributed by atoms with Gasteiger partial charge in [0.15, 0.2) is 0 Å². The van der Waals surface area contributed by atoms with Gasteiger partial charge in [-0.2, -0.15) is 0 Å². The molecular weight excluding hydrogens is 316 g/mol. The second kappa shape index (κ2) is 8.31. The van der Waals surface area contributed by atoms with Crippen LogP contribution in [0.1, 0.15) is 12.8 Å². The molecule has 128 valence electrons. The Balaban J connectivity index is 1.59. The number of nitrogens with one attached hydrogen (secondary N) is 2. The number of hydrogen-bond donors (Lipinski definition) is 3. The Hall–Kier alpha value is -1.85. The molecule has 0 amide bonds. The molecule has 0 unspecified atom stereocenters. The van der Waals surface area contributed by atoms with Gasteiger partial charge in [-0.3, -0.25) is 0 Å². The van der Waals surface area contributed by atoms with Crippen LogP contribution in [0.4, 0.5) is 17.1 Å². The van der Waals surface area contributed by atoms with Crippen LogP contribution in [0, 0.1) is 5.92 Å². The first kappa shape index (κ1) is 17.0. The molecule has 1 fully saturated rings. The molecule has 1 aliphatic rings. The molecule has 0 saturated carbocycles. The fourth-order valence-electron chi connectivity index (χ4n) is 2.94. The van der Waals surface area contributed by atoms with Crippen LogP contribution in [0.25, 0.3) is 0 Å². The highest BCUT2D eigenvalue weighted by molar-refractivity contribution is 8.00. The van der Waals surface area contributed by atoms with Gasteiger partial charge < -0.3 is 20.7 Å². The van der Waals surface area contributed by atoms with Crippen molar-refractivity contribution in [2.75, 3.05) is 42.0 Å². The van der Waals surface area contributed by atoms with Gasteiger partial charge in [-0.05, 0) is 74.1 Å². The van der Waals surface area contributed by atoms with Gasteiger partial charge in [0.05, 0.1) is 11.4 Å². The van der Waals surface area contributed by atoms with Crippen LogP contribution in [0.15, 0.2) is 53.4 Å². The molecular formula is C19H26N4S. The molecule has 0 atom stereocenters. The van der Waals surface area contributed by atoms with Crippen LogP contribution in [0.3, 0.4) is 0 Å². The monoisotopic (exact) mass is 342 g/mol. The summed E-state index contributed by atoms with van der Waals surface area (Å²) in [6.07, 6.45) is 2.48. The van der Waals surface area contributed by atoms with E-state index in [0.29, 0.717) is 0 Å². The van der Waals surface area contributed by atoms with Crippen molar-refractivity contribution in [1.29, 1.82) is 0 Å². The second-order valence-corrected chi connectivity index (χ2v) is 7.45. The van der Waals surface area contributed by atoms with Crippen molar-refractivity contribution in [3.63, 3.8) is 0 Å². The number of nitrogen functional groups attached to an aromatic ring is 1. The molecule has 5 heteroatoms. The van der Waals surface area contributed by atoms with Gasteiger partial charge in [0.2, 0.25) is 0 Å². The molecule has 1 heterocycles. The molecule has 0 aliphatic carbocycles. The summed E-state index contributed by atoms with van der Waals surface area (Å²) in [4.78, 5) is 1.21. The van der Waals surface area contributed by atoms with Crippen LogP contribution in [-0.4, -0.2) is 26.7 Å². The van der Waals surface area contributed by atoms with Crippen LogP contribution in [-0.2, 0) is 0 Å². The first-order chi connectivity index (χ1) is 11.7. The molecule has 2 aromatic rings. The summed E-state index contributed by atoms with van der Waals surface area (Å²) in [5.74, 6) is 0.738. The van der Waals surface area contributed by atoms with Crippen molar-refractivity contribution in [3.05, 3.63) is 48.5 Å². The van der Waals surface area contributed by atoms with E-state index in [1.54, 1.807) is 11.9 Å². The lowest BCUT2D eigenvalue weighted by atomic mass is 9.98. The predicted molar refractivity (Wildman–Crippen MR) is 106 cm³/mol. The molecule has 0 spiro atoms. The summed E-state index contributed by atoms with van der Waals surface area (Å²) in [6.45, 7) is 3.25. The fourth-order valence-corrected chi connectivity index (χ4v) is 3.75. The highest BCUT2D eigenvalue weighted by Gasteiger charge is 2.13. The van der Waals surface area contributed by atoms with E-state index >= 15 is 0 Å². The van der Waals surface area contributed by atoms with E-state index < -0.39 is 0 Å². The molecule has 1 saturated heterocycles. The second-order valence-electron chi connectivity index (χ2n) is 6.25. The number of nitrogens with two attached hydrogens (primary N) is 1. The quantitative estimate of drug-likeness (QED) is 0.550. The van der Waals surface area contributed by atoms with Crippen molar-refractivity contribution in [2.45, 2.75) is 17.7 Å². The van der Waals surface area contributed by atoms with Crippen molar-refractivity contribution in [3.8, 4) is 0 Å². The topological polar surface area (TPSA) is 53.3 Å². The molecule has 4 nitrogen and oxygen atoms in total. The standard InChI is InChI=1S/C19H26N4S/c1-23(24-17-5-3-2-4-6-17)16-7-8-19(18(20)13-16)22-14-15-9-11-21-12-10-15/h2-8,13,15,21-22H,9-12,14,20H2,1H3. The maximum atomic E-state index is 6.26. The lowest BCUT2D eigenvalue weighted by Gasteiger charge is -2.24. The van der Waals surface area contributed by atoms with Crippen LogP contribution >= 0.6 is 11.9 Å². The average Bonchev–Trinajstić information content (AvgIpc) is 2.62. The van der Waals surface area contributed by atoms with Gasteiger partial charge in [0.1, 0.15) is 0 Å². The molecule has 0 bridgehead atoms. The maximum absolute atomic E-state index is 6.26. The summed E-state index contributed by atoms with van der Waals surface area (Å²) in [7, 11) is 2.06. The van der Waals surface area contributed by atoms with Crippen LogP contribution in [0.5, 0.6) is 0 Å². The Bertz CT molecular complexity index is 641. The number of anilines is 3. The zero-order chi connectivity index (χ0) is 16.8. The average molecular weight is 343 g/mol.